The molecule has 0 saturated carbocycles. The molecule has 1 atom stereocenters. The second-order valence-electron chi connectivity index (χ2n) is 5.91. The lowest BCUT2D eigenvalue weighted by Gasteiger charge is -2.43. The van der Waals surface area contributed by atoms with Gasteiger partial charge in [0.1, 0.15) is 0 Å². The van der Waals surface area contributed by atoms with Gasteiger partial charge < -0.3 is 5.32 Å². The van der Waals surface area contributed by atoms with Crippen LogP contribution in [0.2, 0.25) is 0 Å². The van der Waals surface area contributed by atoms with Crippen LogP contribution in [0.4, 0.5) is 0 Å². The van der Waals surface area contributed by atoms with Crippen LogP contribution in [0.15, 0.2) is 30.3 Å². The lowest BCUT2D eigenvalue weighted by molar-refractivity contribution is 0.218. The van der Waals surface area contributed by atoms with E-state index in [2.05, 4.69) is 70.3 Å². The Labute approximate surface area is 119 Å². The van der Waals surface area contributed by atoms with Crippen LogP contribution in [-0.4, -0.2) is 12.6 Å². The maximum Gasteiger partial charge on any atom is 0.0187 e. The van der Waals surface area contributed by atoms with Crippen molar-refractivity contribution in [1.82, 2.24) is 5.32 Å². The highest BCUT2D eigenvalue weighted by Gasteiger charge is 2.38. The minimum atomic E-state index is 0.255. The Morgan fingerprint density at radius 1 is 1.00 bits per heavy atom. The first-order chi connectivity index (χ1) is 9.12. The third kappa shape index (κ3) is 3.60. The van der Waals surface area contributed by atoms with E-state index >= 15 is 0 Å². The van der Waals surface area contributed by atoms with Crippen molar-refractivity contribution < 1.29 is 0 Å². The molecule has 1 rings (SSSR count). The van der Waals surface area contributed by atoms with E-state index in [9.17, 15) is 0 Å². The molecule has 1 aromatic carbocycles. The van der Waals surface area contributed by atoms with Gasteiger partial charge in [0.25, 0.3) is 0 Å². The predicted octanol–water partition coefficient (Wildman–Crippen LogP) is 4.77. The minimum Gasteiger partial charge on any atom is -0.313 e. The molecule has 1 N–H and O–H groups in total. The molecule has 1 heteroatoms. The molecule has 0 fully saturated rings. The summed E-state index contributed by atoms with van der Waals surface area (Å²) in [6.07, 6.45) is 3.57. The van der Waals surface area contributed by atoms with Crippen LogP contribution in [0.3, 0.4) is 0 Å². The predicted molar refractivity (Wildman–Crippen MR) is 85.6 cm³/mol. The molecule has 0 radical (unpaired) electrons. The molecule has 108 valence electrons. The van der Waals surface area contributed by atoms with Crippen LogP contribution < -0.4 is 5.32 Å². The van der Waals surface area contributed by atoms with E-state index in [0.717, 1.165) is 6.54 Å². The third-order valence-electron chi connectivity index (χ3n) is 4.49. The average Bonchev–Trinajstić information content (AvgIpc) is 2.44. The number of hydrogen-bond acceptors (Lipinski definition) is 1. The van der Waals surface area contributed by atoms with E-state index in [1.807, 2.05) is 0 Å². The molecule has 0 aromatic heterocycles. The quantitative estimate of drug-likeness (QED) is 0.711. The lowest BCUT2D eigenvalue weighted by Crippen LogP contribution is -2.51. The fourth-order valence-corrected chi connectivity index (χ4v) is 3.42. The molecule has 19 heavy (non-hydrogen) atoms. The van der Waals surface area contributed by atoms with Gasteiger partial charge in [0.2, 0.25) is 0 Å². The number of nitrogens with one attached hydrogen (secondary N) is 1. The van der Waals surface area contributed by atoms with Crippen LogP contribution >= 0.6 is 0 Å². The Balaban J connectivity index is 3.14. The van der Waals surface area contributed by atoms with Crippen molar-refractivity contribution in [3.63, 3.8) is 0 Å². The second kappa shape index (κ2) is 7.69. The summed E-state index contributed by atoms with van der Waals surface area (Å²) in [6, 6.07) is 11.6. The van der Waals surface area contributed by atoms with E-state index in [0.29, 0.717) is 12.0 Å². The van der Waals surface area contributed by atoms with E-state index in [-0.39, 0.29) is 5.41 Å². The maximum atomic E-state index is 3.81. The van der Waals surface area contributed by atoms with E-state index in [4.69, 9.17) is 0 Å². The Morgan fingerprint density at radius 2 is 1.58 bits per heavy atom. The van der Waals surface area contributed by atoms with E-state index < -0.39 is 0 Å². The van der Waals surface area contributed by atoms with Crippen molar-refractivity contribution >= 4 is 0 Å². The van der Waals surface area contributed by atoms with Gasteiger partial charge in [0.05, 0.1) is 0 Å². The van der Waals surface area contributed by atoms with E-state index in [1.54, 1.807) is 0 Å². The molecule has 0 aliphatic heterocycles. The maximum absolute atomic E-state index is 3.81. The molecular formula is C18H31N. The van der Waals surface area contributed by atoms with Gasteiger partial charge in [-0.1, -0.05) is 65.0 Å². The Morgan fingerprint density at radius 3 is 2.00 bits per heavy atom. The minimum absolute atomic E-state index is 0.255. The molecule has 1 aromatic rings. The fraction of sp³-hybridized carbons (Fsp3) is 0.667. The first-order valence-corrected chi connectivity index (χ1v) is 7.91. The van der Waals surface area contributed by atoms with Crippen LogP contribution in [-0.2, 0) is 5.41 Å². The highest BCUT2D eigenvalue weighted by atomic mass is 14.9. The molecule has 0 spiro atoms. The number of hydrogen-bond donors (Lipinski definition) is 1. The summed E-state index contributed by atoms with van der Waals surface area (Å²) in [6.45, 7) is 12.7. The van der Waals surface area contributed by atoms with Crippen molar-refractivity contribution in [2.24, 2.45) is 5.92 Å². The van der Waals surface area contributed by atoms with E-state index in [1.165, 1.54) is 24.8 Å². The zero-order chi connectivity index (χ0) is 14.3. The van der Waals surface area contributed by atoms with Gasteiger partial charge in [0.15, 0.2) is 0 Å². The molecule has 0 amide bonds. The van der Waals surface area contributed by atoms with Crippen LogP contribution in [0.1, 0.15) is 59.4 Å². The molecule has 0 aliphatic rings. The summed E-state index contributed by atoms with van der Waals surface area (Å²) in [5.74, 6) is 0.645. The molecule has 0 bridgehead atoms. The van der Waals surface area contributed by atoms with Gasteiger partial charge in [-0.05, 0) is 37.3 Å². The normalized spacial score (nSPS) is 13.8. The van der Waals surface area contributed by atoms with Gasteiger partial charge in [-0.15, -0.1) is 0 Å². The number of rotatable bonds is 8. The molecular weight excluding hydrogens is 230 g/mol. The summed E-state index contributed by atoms with van der Waals surface area (Å²) in [4.78, 5) is 0. The number of benzene rings is 1. The summed E-state index contributed by atoms with van der Waals surface area (Å²) in [5.41, 5.74) is 1.74. The average molecular weight is 261 g/mol. The first-order valence-electron chi connectivity index (χ1n) is 7.91. The summed E-state index contributed by atoms with van der Waals surface area (Å²) in [5, 5.41) is 3.81. The van der Waals surface area contributed by atoms with Crippen LogP contribution in [0.25, 0.3) is 0 Å². The van der Waals surface area contributed by atoms with Gasteiger partial charge >= 0.3 is 0 Å². The standard InChI is InChI=1S/C18H31N/c1-6-14-19-17(15(4)5)18(7-2,8-3)16-12-10-9-11-13-16/h9-13,15,17,19H,6-8,14H2,1-5H3. The first kappa shape index (κ1) is 16.2. The smallest absolute Gasteiger partial charge is 0.0187 e. The lowest BCUT2D eigenvalue weighted by atomic mass is 9.67. The van der Waals surface area contributed by atoms with Gasteiger partial charge in [-0.3, -0.25) is 0 Å². The van der Waals surface area contributed by atoms with Gasteiger partial charge in [0, 0.05) is 11.5 Å². The SMILES string of the molecule is CCCNC(C(C)C)C(CC)(CC)c1ccccc1. The van der Waals surface area contributed by atoms with Crippen molar-refractivity contribution in [2.45, 2.75) is 65.3 Å². The summed E-state index contributed by atoms with van der Waals surface area (Å²) < 4.78 is 0. The fourth-order valence-electron chi connectivity index (χ4n) is 3.42. The summed E-state index contributed by atoms with van der Waals surface area (Å²) in [7, 11) is 0. The highest BCUT2D eigenvalue weighted by Crippen LogP contribution is 2.38. The van der Waals surface area contributed by atoms with Crippen molar-refractivity contribution in [3.8, 4) is 0 Å². The molecule has 0 aliphatic carbocycles. The highest BCUT2D eigenvalue weighted by molar-refractivity contribution is 5.28. The van der Waals surface area contributed by atoms with Crippen LogP contribution in [0.5, 0.6) is 0 Å². The monoisotopic (exact) mass is 261 g/mol. The Bertz CT molecular complexity index is 338. The van der Waals surface area contributed by atoms with Crippen molar-refractivity contribution in [3.05, 3.63) is 35.9 Å². The summed E-state index contributed by atoms with van der Waals surface area (Å²) >= 11 is 0. The Kier molecular flexibility index (Phi) is 6.57. The van der Waals surface area contributed by atoms with Gasteiger partial charge in [-0.25, -0.2) is 0 Å². The second-order valence-corrected chi connectivity index (χ2v) is 5.91. The topological polar surface area (TPSA) is 12.0 Å². The van der Waals surface area contributed by atoms with Gasteiger partial charge in [-0.2, -0.15) is 0 Å². The third-order valence-corrected chi connectivity index (χ3v) is 4.49. The van der Waals surface area contributed by atoms with Crippen molar-refractivity contribution in [2.75, 3.05) is 6.54 Å². The van der Waals surface area contributed by atoms with Crippen LogP contribution in [0, 0.1) is 5.92 Å². The Hall–Kier alpha value is -0.820. The molecule has 0 saturated heterocycles. The molecule has 0 heterocycles. The largest absolute Gasteiger partial charge is 0.313 e. The molecule has 1 nitrogen and oxygen atoms in total. The zero-order valence-corrected chi connectivity index (χ0v) is 13.4. The van der Waals surface area contributed by atoms with Crippen molar-refractivity contribution in [1.29, 1.82) is 0 Å². The zero-order valence-electron chi connectivity index (χ0n) is 13.4. The molecule has 1 unspecified atom stereocenters.